The largest absolute Gasteiger partial charge is 0.328 e. The zero-order valence-electron chi connectivity index (χ0n) is 9.45. The van der Waals surface area contributed by atoms with Crippen LogP contribution in [0, 0.1) is 0 Å². The molecular formula is C13H19ClN2. The molecule has 0 atom stereocenters. The van der Waals surface area contributed by atoms with Crippen molar-refractivity contribution in [1.29, 1.82) is 0 Å². The maximum atomic E-state index is 5.94. The molecule has 0 saturated heterocycles. The van der Waals surface area contributed by atoms with E-state index in [0.29, 0.717) is 12.1 Å². The highest BCUT2D eigenvalue weighted by Gasteiger charge is 2.17. The highest BCUT2D eigenvalue weighted by atomic mass is 35.5. The SMILES string of the molecule is NC1CCC(NCc2cccc(Cl)c2)CC1. The van der Waals surface area contributed by atoms with E-state index in [4.69, 9.17) is 17.3 Å². The van der Waals surface area contributed by atoms with E-state index in [2.05, 4.69) is 11.4 Å². The van der Waals surface area contributed by atoms with Crippen LogP contribution in [0.3, 0.4) is 0 Å². The van der Waals surface area contributed by atoms with Gasteiger partial charge in [0.05, 0.1) is 0 Å². The molecule has 1 aliphatic rings. The maximum Gasteiger partial charge on any atom is 0.0409 e. The average molecular weight is 239 g/mol. The Morgan fingerprint density at radius 1 is 1.25 bits per heavy atom. The van der Waals surface area contributed by atoms with Gasteiger partial charge in [0.25, 0.3) is 0 Å². The van der Waals surface area contributed by atoms with Crippen molar-refractivity contribution in [3.8, 4) is 0 Å². The summed E-state index contributed by atoms with van der Waals surface area (Å²) in [5.41, 5.74) is 7.13. The molecule has 1 aromatic rings. The smallest absolute Gasteiger partial charge is 0.0409 e. The van der Waals surface area contributed by atoms with Gasteiger partial charge in [-0.1, -0.05) is 23.7 Å². The van der Waals surface area contributed by atoms with Crippen molar-refractivity contribution in [1.82, 2.24) is 5.32 Å². The van der Waals surface area contributed by atoms with Crippen LogP contribution in [0.25, 0.3) is 0 Å². The molecule has 1 aromatic carbocycles. The van der Waals surface area contributed by atoms with Gasteiger partial charge in [0.15, 0.2) is 0 Å². The van der Waals surface area contributed by atoms with Crippen LogP contribution in [-0.4, -0.2) is 12.1 Å². The molecule has 0 spiro atoms. The lowest BCUT2D eigenvalue weighted by molar-refractivity contribution is 0.342. The summed E-state index contributed by atoms with van der Waals surface area (Å²) in [5, 5.41) is 4.38. The number of halogens is 1. The molecule has 2 nitrogen and oxygen atoms in total. The Hall–Kier alpha value is -0.570. The molecule has 3 heteroatoms. The molecule has 0 aromatic heterocycles. The van der Waals surface area contributed by atoms with Crippen molar-refractivity contribution in [2.24, 2.45) is 5.73 Å². The molecular weight excluding hydrogens is 220 g/mol. The summed E-state index contributed by atoms with van der Waals surface area (Å²) in [6.07, 6.45) is 4.68. The third kappa shape index (κ3) is 3.48. The first-order chi connectivity index (χ1) is 7.74. The maximum absolute atomic E-state index is 5.94. The summed E-state index contributed by atoms with van der Waals surface area (Å²) in [5.74, 6) is 0. The molecule has 0 amide bonds. The van der Waals surface area contributed by atoms with Gasteiger partial charge in [0.1, 0.15) is 0 Å². The molecule has 88 valence electrons. The summed E-state index contributed by atoms with van der Waals surface area (Å²) in [6.45, 7) is 0.903. The number of nitrogens with one attached hydrogen (secondary N) is 1. The second-order valence-electron chi connectivity index (χ2n) is 4.62. The van der Waals surface area contributed by atoms with Crippen LogP contribution >= 0.6 is 11.6 Å². The Morgan fingerprint density at radius 2 is 2.00 bits per heavy atom. The van der Waals surface area contributed by atoms with Crippen molar-refractivity contribution >= 4 is 11.6 Å². The predicted octanol–water partition coefficient (Wildman–Crippen LogP) is 2.70. The fourth-order valence-corrected chi connectivity index (χ4v) is 2.45. The van der Waals surface area contributed by atoms with E-state index in [1.807, 2.05) is 18.2 Å². The zero-order valence-corrected chi connectivity index (χ0v) is 10.2. The molecule has 3 N–H and O–H groups in total. The van der Waals surface area contributed by atoms with E-state index < -0.39 is 0 Å². The summed E-state index contributed by atoms with van der Waals surface area (Å²) in [7, 11) is 0. The molecule has 0 unspecified atom stereocenters. The fourth-order valence-electron chi connectivity index (χ4n) is 2.23. The standard InChI is InChI=1S/C13H19ClN2/c14-11-3-1-2-10(8-11)9-16-13-6-4-12(15)5-7-13/h1-3,8,12-13,16H,4-7,9,15H2. The van der Waals surface area contributed by atoms with Crippen LogP contribution < -0.4 is 11.1 Å². The zero-order chi connectivity index (χ0) is 11.4. The Kier molecular flexibility index (Phi) is 4.22. The van der Waals surface area contributed by atoms with E-state index in [1.54, 1.807) is 0 Å². The van der Waals surface area contributed by atoms with Crippen LogP contribution in [0.15, 0.2) is 24.3 Å². The monoisotopic (exact) mass is 238 g/mol. The van der Waals surface area contributed by atoms with Crippen LogP contribution in [0.1, 0.15) is 31.2 Å². The van der Waals surface area contributed by atoms with Crippen molar-refractivity contribution in [3.05, 3.63) is 34.9 Å². The van der Waals surface area contributed by atoms with Crippen molar-refractivity contribution in [3.63, 3.8) is 0 Å². The summed E-state index contributed by atoms with van der Waals surface area (Å²) < 4.78 is 0. The average Bonchev–Trinajstić information content (AvgIpc) is 2.28. The minimum atomic E-state index is 0.421. The van der Waals surface area contributed by atoms with E-state index in [0.717, 1.165) is 24.4 Å². The van der Waals surface area contributed by atoms with Gasteiger partial charge in [-0.05, 0) is 43.4 Å². The van der Waals surface area contributed by atoms with Crippen LogP contribution in [0.5, 0.6) is 0 Å². The number of benzene rings is 1. The minimum absolute atomic E-state index is 0.421. The molecule has 1 aliphatic carbocycles. The van der Waals surface area contributed by atoms with E-state index in [9.17, 15) is 0 Å². The van der Waals surface area contributed by atoms with Crippen LogP contribution in [-0.2, 0) is 6.54 Å². The summed E-state index contributed by atoms with van der Waals surface area (Å²) in [4.78, 5) is 0. The van der Waals surface area contributed by atoms with E-state index >= 15 is 0 Å². The van der Waals surface area contributed by atoms with Gasteiger partial charge in [-0.3, -0.25) is 0 Å². The quantitative estimate of drug-likeness (QED) is 0.850. The van der Waals surface area contributed by atoms with Gasteiger partial charge in [0, 0.05) is 23.7 Å². The van der Waals surface area contributed by atoms with Gasteiger partial charge in [-0.25, -0.2) is 0 Å². The molecule has 1 saturated carbocycles. The first-order valence-electron chi connectivity index (χ1n) is 5.97. The van der Waals surface area contributed by atoms with Gasteiger partial charge < -0.3 is 11.1 Å². The summed E-state index contributed by atoms with van der Waals surface area (Å²) >= 11 is 5.94. The van der Waals surface area contributed by atoms with E-state index in [1.165, 1.54) is 18.4 Å². The molecule has 0 bridgehead atoms. The Morgan fingerprint density at radius 3 is 2.69 bits per heavy atom. The van der Waals surface area contributed by atoms with Gasteiger partial charge >= 0.3 is 0 Å². The van der Waals surface area contributed by atoms with Crippen molar-refractivity contribution in [2.45, 2.75) is 44.3 Å². The highest BCUT2D eigenvalue weighted by molar-refractivity contribution is 6.30. The third-order valence-corrected chi connectivity index (χ3v) is 3.49. The van der Waals surface area contributed by atoms with E-state index in [-0.39, 0.29) is 0 Å². The molecule has 0 radical (unpaired) electrons. The fraction of sp³-hybridized carbons (Fsp3) is 0.538. The third-order valence-electron chi connectivity index (χ3n) is 3.26. The minimum Gasteiger partial charge on any atom is -0.328 e. The van der Waals surface area contributed by atoms with Gasteiger partial charge in [0.2, 0.25) is 0 Å². The molecule has 16 heavy (non-hydrogen) atoms. The van der Waals surface area contributed by atoms with Crippen LogP contribution in [0.2, 0.25) is 5.02 Å². The molecule has 1 fully saturated rings. The summed E-state index contributed by atoms with van der Waals surface area (Å²) in [6, 6.07) is 9.07. The topological polar surface area (TPSA) is 38.0 Å². The number of rotatable bonds is 3. The van der Waals surface area contributed by atoms with Crippen molar-refractivity contribution in [2.75, 3.05) is 0 Å². The first-order valence-corrected chi connectivity index (χ1v) is 6.35. The lowest BCUT2D eigenvalue weighted by Crippen LogP contribution is -2.36. The number of nitrogens with two attached hydrogens (primary N) is 1. The number of hydrogen-bond acceptors (Lipinski definition) is 2. The lowest BCUT2D eigenvalue weighted by atomic mass is 9.92. The molecule has 0 aliphatic heterocycles. The second-order valence-corrected chi connectivity index (χ2v) is 5.06. The molecule has 0 heterocycles. The molecule has 2 rings (SSSR count). The van der Waals surface area contributed by atoms with Gasteiger partial charge in [-0.2, -0.15) is 0 Å². The second kappa shape index (κ2) is 5.67. The van der Waals surface area contributed by atoms with Crippen molar-refractivity contribution < 1.29 is 0 Å². The number of hydrogen-bond donors (Lipinski definition) is 2. The van der Waals surface area contributed by atoms with Gasteiger partial charge in [-0.15, -0.1) is 0 Å². The normalized spacial score (nSPS) is 25.6. The Labute approximate surface area is 102 Å². The Balaban J connectivity index is 1.79. The first kappa shape index (κ1) is 11.9. The predicted molar refractivity (Wildman–Crippen MR) is 68.5 cm³/mol. The highest BCUT2D eigenvalue weighted by Crippen LogP contribution is 2.18. The lowest BCUT2D eigenvalue weighted by Gasteiger charge is -2.27. The Bertz CT molecular complexity index is 332. The van der Waals surface area contributed by atoms with Crippen LogP contribution in [0.4, 0.5) is 0 Å².